The standard InChI is InChI=1S/C24H19N3O6/c28-20(9-4-14-1-5-16(6-2-14)24(32)33)25-12-15-3-7-18-17(11-15)13-27(23(18)31)19-8-10-21(29)26-22(19)30/h1-3,5-7,11,19H,8,10,12-13H2,(H,25,28)(H,32,33)(H,26,29,30). The SMILES string of the molecule is O=C(C#Cc1ccc(C(=O)O)cc1)NCc1ccc2c(c1)CN(C1CCC(=O)NC1=O)C2=O. The lowest BCUT2D eigenvalue weighted by atomic mass is 10.0. The second-order valence-corrected chi connectivity index (χ2v) is 7.71. The van der Waals surface area contributed by atoms with Crippen LogP contribution in [0.15, 0.2) is 42.5 Å². The molecular weight excluding hydrogens is 426 g/mol. The number of benzene rings is 2. The molecule has 1 saturated heterocycles. The summed E-state index contributed by atoms with van der Waals surface area (Å²) in [7, 11) is 0. The second kappa shape index (κ2) is 8.96. The average molecular weight is 445 g/mol. The molecule has 1 atom stereocenters. The van der Waals surface area contributed by atoms with E-state index < -0.39 is 23.8 Å². The molecule has 1 fully saturated rings. The summed E-state index contributed by atoms with van der Waals surface area (Å²) in [4.78, 5) is 60.6. The number of rotatable bonds is 4. The van der Waals surface area contributed by atoms with Crippen LogP contribution in [0.2, 0.25) is 0 Å². The Hall–Kier alpha value is -4.45. The summed E-state index contributed by atoms with van der Waals surface area (Å²) in [5.41, 5.74) is 2.67. The van der Waals surface area contributed by atoms with E-state index in [1.54, 1.807) is 18.2 Å². The molecule has 9 heteroatoms. The minimum atomic E-state index is -1.04. The lowest BCUT2D eigenvalue weighted by molar-refractivity contribution is -0.137. The molecule has 2 heterocycles. The maximum absolute atomic E-state index is 12.7. The van der Waals surface area contributed by atoms with Crippen molar-refractivity contribution in [3.8, 4) is 11.8 Å². The van der Waals surface area contributed by atoms with E-state index >= 15 is 0 Å². The van der Waals surface area contributed by atoms with Gasteiger partial charge in [-0.05, 0) is 47.9 Å². The van der Waals surface area contributed by atoms with Gasteiger partial charge in [0.1, 0.15) is 6.04 Å². The number of imide groups is 1. The fourth-order valence-corrected chi connectivity index (χ4v) is 3.79. The molecule has 1 unspecified atom stereocenters. The van der Waals surface area contributed by atoms with E-state index in [2.05, 4.69) is 22.5 Å². The van der Waals surface area contributed by atoms with Gasteiger partial charge in [-0.3, -0.25) is 24.5 Å². The predicted octanol–water partition coefficient (Wildman–Crippen LogP) is 0.814. The zero-order valence-electron chi connectivity index (χ0n) is 17.4. The predicted molar refractivity (Wildman–Crippen MR) is 115 cm³/mol. The summed E-state index contributed by atoms with van der Waals surface area (Å²) in [6, 6.07) is 10.4. The first-order valence-corrected chi connectivity index (χ1v) is 10.2. The number of carbonyl (C=O) groups excluding carboxylic acids is 4. The number of piperidine rings is 1. The first-order chi connectivity index (χ1) is 15.8. The molecule has 2 aliphatic heterocycles. The highest BCUT2D eigenvalue weighted by Crippen LogP contribution is 2.28. The van der Waals surface area contributed by atoms with Crippen molar-refractivity contribution in [1.82, 2.24) is 15.5 Å². The Bertz CT molecular complexity index is 1240. The van der Waals surface area contributed by atoms with E-state index in [-0.39, 0.29) is 36.9 Å². The summed E-state index contributed by atoms with van der Waals surface area (Å²) in [5.74, 6) is 2.54. The van der Waals surface area contributed by atoms with Gasteiger partial charge in [0.05, 0.1) is 5.56 Å². The van der Waals surface area contributed by atoms with Crippen molar-refractivity contribution in [2.75, 3.05) is 0 Å². The van der Waals surface area contributed by atoms with Crippen LogP contribution in [0.25, 0.3) is 0 Å². The molecule has 2 aromatic carbocycles. The van der Waals surface area contributed by atoms with Gasteiger partial charge in [0.2, 0.25) is 11.8 Å². The van der Waals surface area contributed by atoms with E-state index in [4.69, 9.17) is 5.11 Å². The maximum Gasteiger partial charge on any atom is 0.335 e. The molecule has 0 aromatic heterocycles. The molecule has 0 spiro atoms. The van der Waals surface area contributed by atoms with Crippen molar-refractivity contribution in [3.05, 3.63) is 70.3 Å². The smallest absolute Gasteiger partial charge is 0.335 e. The maximum atomic E-state index is 12.7. The van der Waals surface area contributed by atoms with E-state index in [1.165, 1.54) is 29.2 Å². The van der Waals surface area contributed by atoms with Crippen LogP contribution >= 0.6 is 0 Å². The Morgan fingerprint density at radius 1 is 1.12 bits per heavy atom. The van der Waals surface area contributed by atoms with Crippen molar-refractivity contribution in [2.45, 2.75) is 32.0 Å². The molecule has 2 aliphatic rings. The fourth-order valence-electron chi connectivity index (χ4n) is 3.79. The topological polar surface area (TPSA) is 133 Å². The van der Waals surface area contributed by atoms with Crippen molar-refractivity contribution in [3.63, 3.8) is 0 Å². The van der Waals surface area contributed by atoms with Crippen molar-refractivity contribution in [2.24, 2.45) is 0 Å². The molecule has 166 valence electrons. The van der Waals surface area contributed by atoms with Crippen molar-refractivity contribution < 1.29 is 29.1 Å². The van der Waals surface area contributed by atoms with E-state index in [9.17, 15) is 24.0 Å². The number of amides is 4. The number of hydrogen-bond acceptors (Lipinski definition) is 5. The molecule has 33 heavy (non-hydrogen) atoms. The average Bonchev–Trinajstić information content (AvgIpc) is 3.12. The highest BCUT2D eigenvalue weighted by Gasteiger charge is 2.39. The molecule has 3 N–H and O–H groups in total. The van der Waals surface area contributed by atoms with Crippen LogP contribution in [0, 0.1) is 11.8 Å². The minimum Gasteiger partial charge on any atom is -0.478 e. The van der Waals surface area contributed by atoms with Crippen molar-refractivity contribution in [1.29, 1.82) is 0 Å². The molecule has 2 aromatic rings. The molecule has 4 rings (SSSR count). The third kappa shape index (κ3) is 4.75. The largest absolute Gasteiger partial charge is 0.478 e. The monoisotopic (exact) mass is 445 g/mol. The Morgan fingerprint density at radius 3 is 2.58 bits per heavy atom. The van der Waals surface area contributed by atoms with Gasteiger partial charge in [-0.1, -0.05) is 18.1 Å². The molecular formula is C24H19N3O6. The lowest BCUT2D eigenvalue weighted by Gasteiger charge is -2.29. The zero-order chi connectivity index (χ0) is 23.5. The van der Waals surface area contributed by atoms with Crippen LogP contribution in [0.1, 0.15) is 50.2 Å². The van der Waals surface area contributed by atoms with Crippen LogP contribution in [0.5, 0.6) is 0 Å². The van der Waals surface area contributed by atoms with Gasteiger partial charge in [0.15, 0.2) is 0 Å². The third-order valence-corrected chi connectivity index (χ3v) is 5.49. The molecule has 9 nitrogen and oxygen atoms in total. The fraction of sp³-hybridized carbons (Fsp3) is 0.208. The first-order valence-electron chi connectivity index (χ1n) is 10.2. The Labute approximate surface area is 188 Å². The number of hydrogen-bond donors (Lipinski definition) is 3. The third-order valence-electron chi connectivity index (χ3n) is 5.49. The second-order valence-electron chi connectivity index (χ2n) is 7.71. The van der Waals surface area contributed by atoms with Gasteiger partial charge in [-0.15, -0.1) is 0 Å². The van der Waals surface area contributed by atoms with E-state index in [0.29, 0.717) is 17.5 Å². The highest BCUT2D eigenvalue weighted by molar-refractivity contribution is 6.05. The molecule has 0 saturated carbocycles. The number of aromatic carboxylic acids is 1. The zero-order valence-corrected chi connectivity index (χ0v) is 17.4. The number of carboxylic acid groups (broad SMARTS) is 1. The molecule has 0 radical (unpaired) electrons. The summed E-state index contributed by atoms with van der Waals surface area (Å²) in [6.45, 7) is 0.458. The van der Waals surface area contributed by atoms with Gasteiger partial charge in [0, 0.05) is 36.6 Å². The van der Waals surface area contributed by atoms with Crippen LogP contribution in [-0.2, 0) is 27.5 Å². The van der Waals surface area contributed by atoms with Crippen LogP contribution in [0.4, 0.5) is 0 Å². The normalized spacial score (nSPS) is 17.0. The summed E-state index contributed by atoms with van der Waals surface area (Å²) >= 11 is 0. The number of carboxylic acids is 1. The first kappa shape index (κ1) is 21.8. The van der Waals surface area contributed by atoms with Crippen molar-refractivity contribution >= 4 is 29.6 Å². The number of carbonyl (C=O) groups is 5. The number of nitrogens with zero attached hydrogens (tertiary/aromatic N) is 1. The molecule has 4 amide bonds. The van der Waals surface area contributed by atoms with Gasteiger partial charge >= 0.3 is 5.97 Å². The lowest BCUT2D eigenvalue weighted by Crippen LogP contribution is -2.52. The molecule has 0 aliphatic carbocycles. The number of nitrogens with one attached hydrogen (secondary N) is 2. The van der Waals surface area contributed by atoms with Crippen LogP contribution in [-0.4, -0.2) is 45.6 Å². The van der Waals surface area contributed by atoms with Gasteiger partial charge in [0.25, 0.3) is 11.8 Å². The van der Waals surface area contributed by atoms with Gasteiger partial charge < -0.3 is 15.3 Å². The Morgan fingerprint density at radius 2 is 1.88 bits per heavy atom. The van der Waals surface area contributed by atoms with Gasteiger partial charge in [-0.25, -0.2) is 4.79 Å². The van der Waals surface area contributed by atoms with Gasteiger partial charge in [-0.2, -0.15) is 0 Å². The van der Waals surface area contributed by atoms with Crippen LogP contribution < -0.4 is 10.6 Å². The summed E-state index contributed by atoms with van der Waals surface area (Å²) in [5, 5.41) is 13.8. The van der Waals surface area contributed by atoms with Crippen LogP contribution in [0.3, 0.4) is 0 Å². The Balaban J connectivity index is 1.37. The summed E-state index contributed by atoms with van der Waals surface area (Å²) < 4.78 is 0. The van der Waals surface area contributed by atoms with E-state index in [0.717, 1.165) is 11.1 Å². The quantitative estimate of drug-likeness (QED) is 0.471. The molecule has 0 bridgehead atoms. The number of fused-ring (bicyclic) bond motifs is 1. The highest BCUT2D eigenvalue weighted by atomic mass is 16.4. The van der Waals surface area contributed by atoms with E-state index in [1.807, 2.05) is 0 Å². The summed E-state index contributed by atoms with van der Waals surface area (Å²) in [6.07, 6.45) is 0.490. The Kier molecular flexibility index (Phi) is 5.91. The minimum absolute atomic E-state index is 0.135.